The van der Waals surface area contributed by atoms with Crippen LogP contribution in [0.5, 0.6) is 0 Å². The highest BCUT2D eigenvalue weighted by molar-refractivity contribution is 5.14. The quantitative estimate of drug-likeness (QED) is 0.890. The maximum absolute atomic E-state index is 4.26. The Morgan fingerprint density at radius 1 is 1.09 bits per heavy atom. The van der Waals surface area contributed by atoms with Gasteiger partial charge in [0.05, 0.1) is 6.54 Å². The summed E-state index contributed by atoms with van der Waals surface area (Å²) in [5.74, 6) is 1.33. The Hall–Kier alpha value is -1.65. The molecule has 1 aromatic carbocycles. The topological polar surface area (TPSA) is 33.1 Å². The van der Waals surface area contributed by atoms with Gasteiger partial charge in [0.25, 0.3) is 0 Å². The number of hydrogen-bond acceptors (Lipinski definition) is 3. The Morgan fingerprint density at radius 2 is 1.83 bits per heavy atom. The van der Waals surface area contributed by atoms with Crippen molar-refractivity contribution in [2.24, 2.45) is 11.8 Å². The highest BCUT2D eigenvalue weighted by Gasteiger charge is 2.31. The van der Waals surface area contributed by atoms with Crippen LogP contribution in [0, 0.1) is 11.8 Å². The van der Waals surface area contributed by atoms with E-state index in [2.05, 4.69) is 59.5 Å². The van der Waals surface area contributed by atoms with Crippen LogP contribution in [0.25, 0.3) is 0 Å². The summed E-state index contributed by atoms with van der Waals surface area (Å²) in [5.41, 5.74) is 1.41. The minimum atomic E-state index is 0.595. The third kappa shape index (κ3) is 4.43. The summed E-state index contributed by atoms with van der Waals surface area (Å²) in [5, 5.41) is 8.02. The fourth-order valence-electron chi connectivity index (χ4n) is 3.83. The molecule has 1 N–H and O–H groups in total. The Kier molecular flexibility index (Phi) is 5.47. The standard InChI is InChI=1S/C19H28N4/c1-16-13-22(15-18-7-4-3-5-8-18)14-17(2)19(16)20-10-12-23-11-6-9-21-23/h3-9,11,16-17,19-20H,10,12-15H2,1-2H3/t16-,17-/m0/s1. The first-order valence-electron chi connectivity index (χ1n) is 8.69. The molecule has 1 aliphatic rings. The molecule has 3 rings (SSSR count). The zero-order chi connectivity index (χ0) is 16.1. The van der Waals surface area contributed by atoms with E-state index >= 15 is 0 Å². The van der Waals surface area contributed by atoms with E-state index in [0.29, 0.717) is 17.9 Å². The van der Waals surface area contributed by atoms with Crippen molar-refractivity contribution in [3.8, 4) is 0 Å². The van der Waals surface area contributed by atoms with E-state index in [0.717, 1.165) is 19.6 Å². The molecule has 0 spiro atoms. The molecule has 4 nitrogen and oxygen atoms in total. The van der Waals surface area contributed by atoms with E-state index in [-0.39, 0.29) is 0 Å². The molecular formula is C19H28N4. The van der Waals surface area contributed by atoms with Gasteiger partial charge >= 0.3 is 0 Å². The van der Waals surface area contributed by atoms with Gasteiger partial charge in [-0.1, -0.05) is 44.2 Å². The lowest BCUT2D eigenvalue weighted by Crippen LogP contribution is -2.53. The van der Waals surface area contributed by atoms with Crippen molar-refractivity contribution >= 4 is 0 Å². The molecule has 124 valence electrons. The number of nitrogens with zero attached hydrogens (tertiary/aromatic N) is 3. The third-order valence-corrected chi connectivity index (χ3v) is 4.85. The summed E-state index contributed by atoms with van der Waals surface area (Å²) >= 11 is 0. The van der Waals surface area contributed by atoms with Crippen LogP contribution in [0.3, 0.4) is 0 Å². The van der Waals surface area contributed by atoms with Gasteiger partial charge in [-0.3, -0.25) is 9.58 Å². The molecule has 2 aromatic rings. The van der Waals surface area contributed by atoms with E-state index in [4.69, 9.17) is 0 Å². The molecule has 2 atom stereocenters. The van der Waals surface area contributed by atoms with Crippen LogP contribution in [-0.4, -0.2) is 40.4 Å². The molecule has 0 saturated carbocycles. The highest BCUT2D eigenvalue weighted by Crippen LogP contribution is 2.23. The second kappa shape index (κ2) is 7.75. The van der Waals surface area contributed by atoms with Crippen LogP contribution in [0.1, 0.15) is 19.4 Å². The fourth-order valence-corrected chi connectivity index (χ4v) is 3.83. The first-order chi connectivity index (χ1) is 11.2. The van der Waals surface area contributed by atoms with Gasteiger partial charge in [0.2, 0.25) is 0 Å². The minimum Gasteiger partial charge on any atom is -0.312 e. The van der Waals surface area contributed by atoms with Crippen LogP contribution in [0.4, 0.5) is 0 Å². The largest absolute Gasteiger partial charge is 0.312 e. The smallest absolute Gasteiger partial charge is 0.0534 e. The van der Waals surface area contributed by atoms with Crippen LogP contribution in [-0.2, 0) is 13.1 Å². The number of nitrogens with one attached hydrogen (secondary N) is 1. The first kappa shape index (κ1) is 16.2. The van der Waals surface area contributed by atoms with Crippen molar-refractivity contribution in [3.63, 3.8) is 0 Å². The lowest BCUT2D eigenvalue weighted by Gasteiger charge is -2.42. The molecule has 0 unspecified atom stereocenters. The van der Waals surface area contributed by atoms with Crippen molar-refractivity contribution in [2.45, 2.75) is 33.0 Å². The van der Waals surface area contributed by atoms with E-state index in [9.17, 15) is 0 Å². The molecule has 0 bridgehead atoms. The number of rotatable bonds is 6. The molecule has 0 radical (unpaired) electrons. The first-order valence-corrected chi connectivity index (χ1v) is 8.69. The summed E-state index contributed by atoms with van der Waals surface area (Å²) in [7, 11) is 0. The Balaban J connectivity index is 1.48. The maximum Gasteiger partial charge on any atom is 0.0534 e. The normalized spacial score (nSPS) is 23.2. The van der Waals surface area contributed by atoms with Gasteiger partial charge in [0.1, 0.15) is 0 Å². The van der Waals surface area contributed by atoms with Gasteiger partial charge in [-0.05, 0) is 23.5 Å². The Morgan fingerprint density at radius 3 is 2.48 bits per heavy atom. The number of benzene rings is 1. The van der Waals surface area contributed by atoms with Crippen LogP contribution in [0.2, 0.25) is 0 Å². The molecule has 1 saturated heterocycles. The molecule has 1 fully saturated rings. The third-order valence-electron chi connectivity index (χ3n) is 4.85. The Labute approximate surface area is 139 Å². The van der Waals surface area contributed by atoms with Crippen molar-refractivity contribution in [3.05, 3.63) is 54.4 Å². The monoisotopic (exact) mass is 312 g/mol. The average Bonchev–Trinajstić information content (AvgIpc) is 3.04. The van der Waals surface area contributed by atoms with Gasteiger partial charge in [-0.2, -0.15) is 5.10 Å². The van der Waals surface area contributed by atoms with Gasteiger partial charge < -0.3 is 5.32 Å². The van der Waals surface area contributed by atoms with E-state index in [1.165, 1.54) is 18.7 Å². The number of hydrogen-bond donors (Lipinski definition) is 1. The summed E-state index contributed by atoms with van der Waals surface area (Å²) in [4.78, 5) is 2.59. The maximum atomic E-state index is 4.26. The average molecular weight is 312 g/mol. The zero-order valence-corrected chi connectivity index (χ0v) is 14.2. The fraction of sp³-hybridized carbons (Fsp3) is 0.526. The van der Waals surface area contributed by atoms with E-state index < -0.39 is 0 Å². The van der Waals surface area contributed by atoms with Gasteiger partial charge in [0, 0.05) is 44.6 Å². The van der Waals surface area contributed by atoms with E-state index in [1.807, 2.05) is 23.1 Å². The number of aromatic nitrogens is 2. The SMILES string of the molecule is C[C@H]1CN(Cc2ccccc2)C[C@H](C)C1NCCn1cccn1. The molecule has 1 aliphatic heterocycles. The number of likely N-dealkylation sites (tertiary alicyclic amines) is 1. The Bertz CT molecular complexity index is 554. The lowest BCUT2D eigenvalue weighted by molar-refractivity contribution is 0.0943. The summed E-state index contributed by atoms with van der Waals surface area (Å²) < 4.78 is 1.99. The van der Waals surface area contributed by atoms with Gasteiger partial charge in [-0.25, -0.2) is 0 Å². The predicted molar refractivity (Wildman–Crippen MR) is 94.1 cm³/mol. The van der Waals surface area contributed by atoms with Crippen molar-refractivity contribution in [1.82, 2.24) is 20.0 Å². The van der Waals surface area contributed by atoms with Crippen molar-refractivity contribution in [1.29, 1.82) is 0 Å². The van der Waals surface area contributed by atoms with Crippen molar-refractivity contribution < 1.29 is 0 Å². The molecular weight excluding hydrogens is 284 g/mol. The molecule has 0 amide bonds. The van der Waals surface area contributed by atoms with Gasteiger partial charge in [-0.15, -0.1) is 0 Å². The number of piperidine rings is 1. The molecule has 4 heteroatoms. The zero-order valence-electron chi connectivity index (χ0n) is 14.2. The van der Waals surface area contributed by atoms with Crippen LogP contribution >= 0.6 is 0 Å². The molecule has 0 aliphatic carbocycles. The lowest BCUT2D eigenvalue weighted by atomic mass is 9.85. The van der Waals surface area contributed by atoms with E-state index in [1.54, 1.807) is 0 Å². The highest BCUT2D eigenvalue weighted by atomic mass is 15.3. The summed E-state index contributed by atoms with van der Waals surface area (Å²) in [6, 6.07) is 13.4. The molecule has 1 aromatic heterocycles. The van der Waals surface area contributed by atoms with Crippen LogP contribution < -0.4 is 5.32 Å². The summed E-state index contributed by atoms with van der Waals surface area (Å²) in [6.45, 7) is 10.1. The van der Waals surface area contributed by atoms with Crippen molar-refractivity contribution in [2.75, 3.05) is 19.6 Å². The summed E-state index contributed by atoms with van der Waals surface area (Å²) in [6.07, 6.45) is 3.87. The predicted octanol–water partition coefficient (Wildman–Crippen LogP) is 2.63. The minimum absolute atomic E-state index is 0.595. The molecule has 2 heterocycles. The second-order valence-corrected chi connectivity index (χ2v) is 6.88. The van der Waals surface area contributed by atoms with Crippen LogP contribution in [0.15, 0.2) is 48.8 Å². The second-order valence-electron chi connectivity index (χ2n) is 6.88. The van der Waals surface area contributed by atoms with Gasteiger partial charge in [0.15, 0.2) is 0 Å². The molecule has 23 heavy (non-hydrogen) atoms.